The molecule has 20 heavy (non-hydrogen) atoms. The maximum absolute atomic E-state index is 10.9. The molecule has 0 spiro atoms. The van der Waals surface area contributed by atoms with E-state index in [1.165, 1.54) is 12.4 Å². The summed E-state index contributed by atoms with van der Waals surface area (Å²) < 4.78 is 1.70. The second-order valence-electron chi connectivity index (χ2n) is 4.38. The molecule has 2 N–H and O–H groups in total. The molecule has 2 aromatic heterocycles. The van der Waals surface area contributed by atoms with Crippen LogP contribution in [0.3, 0.4) is 0 Å². The van der Waals surface area contributed by atoms with Crippen molar-refractivity contribution in [2.75, 3.05) is 0 Å². The predicted molar refractivity (Wildman–Crippen MR) is 70.0 cm³/mol. The minimum absolute atomic E-state index is 0.200. The molecule has 0 radical (unpaired) electrons. The number of rotatable bonds is 7. The summed E-state index contributed by atoms with van der Waals surface area (Å²) in [5.41, 5.74) is 0.931. The highest BCUT2D eigenvalue weighted by atomic mass is 16.4. The Kier molecular flexibility index (Phi) is 4.59. The van der Waals surface area contributed by atoms with Crippen LogP contribution in [0.1, 0.15) is 25.7 Å². The van der Waals surface area contributed by atoms with Crippen molar-refractivity contribution >= 4 is 5.97 Å². The molecule has 2 aromatic rings. The van der Waals surface area contributed by atoms with Crippen molar-refractivity contribution in [2.45, 2.75) is 32.2 Å². The van der Waals surface area contributed by atoms with Crippen LogP contribution in [0.4, 0.5) is 0 Å². The van der Waals surface area contributed by atoms with Crippen LogP contribution in [-0.4, -0.2) is 36.0 Å². The number of aryl methyl sites for hydroxylation is 1. The zero-order chi connectivity index (χ0) is 14.4. The van der Waals surface area contributed by atoms with Crippen molar-refractivity contribution in [3.05, 3.63) is 29.1 Å². The Morgan fingerprint density at radius 2 is 2.20 bits per heavy atom. The van der Waals surface area contributed by atoms with Crippen molar-refractivity contribution < 1.29 is 9.90 Å². The summed E-state index contributed by atoms with van der Waals surface area (Å²) in [6, 6.07) is 0. The van der Waals surface area contributed by atoms with E-state index in [2.05, 4.69) is 20.3 Å². The molecular formula is C12H15N5O3. The lowest BCUT2D eigenvalue weighted by Crippen LogP contribution is -2.07. The van der Waals surface area contributed by atoms with Gasteiger partial charge in [-0.05, 0) is 12.8 Å². The number of carboxylic acids is 1. The first-order valence-corrected chi connectivity index (χ1v) is 6.32. The van der Waals surface area contributed by atoms with Crippen molar-refractivity contribution in [3.8, 4) is 11.3 Å². The lowest BCUT2D eigenvalue weighted by Gasteiger charge is -1.99. The molecular weight excluding hydrogens is 262 g/mol. The first-order chi connectivity index (χ1) is 9.65. The summed E-state index contributed by atoms with van der Waals surface area (Å²) in [5.74, 6) is -0.765. The van der Waals surface area contributed by atoms with Crippen LogP contribution in [0, 0.1) is 0 Å². The number of carbonyl (C=O) groups is 1. The molecule has 2 heterocycles. The van der Waals surface area contributed by atoms with Gasteiger partial charge in [-0.2, -0.15) is 0 Å². The normalized spacial score (nSPS) is 10.6. The standard InChI is InChI=1S/C12H15N5O3/c18-11(19)4-2-1-3-5-17-8-10(15-16-17)9-6-13-12(20)14-7-9/h6-8H,1-5H2,(H,18,19)(H,13,14,20). The molecule has 0 bridgehead atoms. The number of aromatic nitrogens is 5. The zero-order valence-corrected chi connectivity index (χ0v) is 10.8. The van der Waals surface area contributed by atoms with Gasteiger partial charge in [0.05, 0.1) is 6.20 Å². The van der Waals surface area contributed by atoms with Crippen molar-refractivity contribution in [1.29, 1.82) is 0 Å². The van der Waals surface area contributed by atoms with Crippen LogP contribution >= 0.6 is 0 Å². The quantitative estimate of drug-likeness (QED) is 0.719. The predicted octanol–water partition coefficient (Wildman–Crippen LogP) is 0.673. The van der Waals surface area contributed by atoms with E-state index in [0.29, 0.717) is 24.2 Å². The van der Waals surface area contributed by atoms with Crippen LogP contribution in [-0.2, 0) is 11.3 Å². The third-order valence-electron chi connectivity index (χ3n) is 2.78. The maximum Gasteiger partial charge on any atom is 0.344 e. The number of H-pyrrole nitrogens is 1. The Morgan fingerprint density at radius 1 is 1.35 bits per heavy atom. The van der Waals surface area contributed by atoms with E-state index >= 15 is 0 Å². The molecule has 0 atom stereocenters. The molecule has 0 aliphatic rings. The minimum atomic E-state index is -0.765. The van der Waals surface area contributed by atoms with E-state index in [0.717, 1.165) is 12.8 Å². The van der Waals surface area contributed by atoms with Gasteiger partial charge in [-0.25, -0.2) is 9.78 Å². The highest BCUT2D eigenvalue weighted by molar-refractivity contribution is 5.66. The van der Waals surface area contributed by atoms with E-state index in [-0.39, 0.29) is 6.42 Å². The van der Waals surface area contributed by atoms with Crippen molar-refractivity contribution in [1.82, 2.24) is 25.0 Å². The number of aromatic amines is 1. The van der Waals surface area contributed by atoms with E-state index in [4.69, 9.17) is 5.11 Å². The van der Waals surface area contributed by atoms with Gasteiger partial charge >= 0.3 is 11.7 Å². The summed E-state index contributed by atoms with van der Waals surface area (Å²) in [6.45, 7) is 0.684. The average Bonchev–Trinajstić information content (AvgIpc) is 2.87. The largest absolute Gasteiger partial charge is 0.481 e. The second-order valence-corrected chi connectivity index (χ2v) is 4.38. The SMILES string of the molecule is O=C(O)CCCCCn1cc(-c2cnc(=O)[nH]c2)nn1. The van der Waals surface area contributed by atoms with Crippen LogP contribution in [0.5, 0.6) is 0 Å². The highest BCUT2D eigenvalue weighted by Gasteiger charge is 2.04. The van der Waals surface area contributed by atoms with Gasteiger partial charge in [-0.1, -0.05) is 11.6 Å². The first kappa shape index (κ1) is 13.9. The van der Waals surface area contributed by atoms with Crippen LogP contribution in [0.15, 0.2) is 23.4 Å². The number of hydrogen-bond donors (Lipinski definition) is 2. The Hall–Kier alpha value is -2.51. The third-order valence-corrected chi connectivity index (χ3v) is 2.78. The zero-order valence-electron chi connectivity index (χ0n) is 10.8. The molecule has 8 nitrogen and oxygen atoms in total. The summed E-state index contributed by atoms with van der Waals surface area (Å²) >= 11 is 0. The molecule has 2 rings (SSSR count). The number of nitrogens with one attached hydrogen (secondary N) is 1. The molecule has 0 fully saturated rings. The fraction of sp³-hybridized carbons (Fsp3) is 0.417. The summed E-state index contributed by atoms with van der Waals surface area (Å²) in [7, 11) is 0. The number of carboxylic acid groups (broad SMARTS) is 1. The third kappa shape index (κ3) is 4.01. The van der Waals surface area contributed by atoms with Gasteiger partial charge < -0.3 is 10.1 Å². The lowest BCUT2D eigenvalue weighted by atomic mass is 10.2. The molecule has 0 aliphatic heterocycles. The maximum atomic E-state index is 10.9. The van der Waals surface area contributed by atoms with Crippen molar-refractivity contribution in [2.24, 2.45) is 0 Å². The van der Waals surface area contributed by atoms with Crippen LogP contribution < -0.4 is 5.69 Å². The molecule has 0 saturated heterocycles. The monoisotopic (exact) mass is 277 g/mol. The number of unbranched alkanes of at least 4 members (excludes halogenated alkanes) is 2. The van der Waals surface area contributed by atoms with E-state index in [9.17, 15) is 9.59 Å². The fourth-order valence-corrected chi connectivity index (χ4v) is 1.75. The molecule has 0 aromatic carbocycles. The summed E-state index contributed by atoms with van der Waals surface area (Å²) in [4.78, 5) is 27.3. The molecule has 0 unspecified atom stereocenters. The number of aliphatic carboxylic acids is 1. The van der Waals surface area contributed by atoms with E-state index in [1.807, 2.05) is 0 Å². The fourth-order valence-electron chi connectivity index (χ4n) is 1.75. The number of hydrogen-bond acceptors (Lipinski definition) is 5. The molecule has 106 valence electrons. The summed E-state index contributed by atoms with van der Waals surface area (Å²) in [5, 5.41) is 16.5. The van der Waals surface area contributed by atoms with Gasteiger partial charge in [0.1, 0.15) is 5.69 Å². The second kappa shape index (κ2) is 6.60. The van der Waals surface area contributed by atoms with Crippen LogP contribution in [0.25, 0.3) is 11.3 Å². The lowest BCUT2D eigenvalue weighted by molar-refractivity contribution is -0.137. The van der Waals surface area contributed by atoms with Gasteiger partial charge in [0, 0.05) is 30.9 Å². The average molecular weight is 277 g/mol. The van der Waals surface area contributed by atoms with E-state index in [1.54, 1.807) is 10.9 Å². The topological polar surface area (TPSA) is 114 Å². The summed E-state index contributed by atoms with van der Waals surface area (Å²) in [6.07, 6.45) is 7.30. The van der Waals surface area contributed by atoms with Gasteiger partial charge in [0.2, 0.25) is 0 Å². The molecule has 0 amide bonds. The molecule has 0 aliphatic carbocycles. The minimum Gasteiger partial charge on any atom is -0.481 e. The first-order valence-electron chi connectivity index (χ1n) is 6.32. The Balaban J connectivity index is 1.84. The van der Waals surface area contributed by atoms with Crippen molar-refractivity contribution in [3.63, 3.8) is 0 Å². The van der Waals surface area contributed by atoms with Gasteiger partial charge in [-0.15, -0.1) is 5.10 Å². The Labute approximate surface area is 114 Å². The molecule has 8 heteroatoms. The number of nitrogens with zero attached hydrogens (tertiary/aromatic N) is 4. The van der Waals surface area contributed by atoms with Gasteiger partial charge in [0.25, 0.3) is 0 Å². The Bertz CT molecular complexity index is 614. The van der Waals surface area contributed by atoms with Gasteiger partial charge in [-0.3, -0.25) is 9.48 Å². The highest BCUT2D eigenvalue weighted by Crippen LogP contribution is 2.12. The van der Waals surface area contributed by atoms with E-state index < -0.39 is 11.7 Å². The molecule has 0 saturated carbocycles. The van der Waals surface area contributed by atoms with Crippen LogP contribution in [0.2, 0.25) is 0 Å². The van der Waals surface area contributed by atoms with Gasteiger partial charge in [0.15, 0.2) is 0 Å². The smallest absolute Gasteiger partial charge is 0.344 e. The Morgan fingerprint density at radius 3 is 2.90 bits per heavy atom.